The summed E-state index contributed by atoms with van der Waals surface area (Å²) in [5, 5.41) is 2.05. The Labute approximate surface area is 120 Å². The quantitative estimate of drug-likeness (QED) is 0.818. The molecule has 19 heavy (non-hydrogen) atoms. The van der Waals surface area contributed by atoms with E-state index in [2.05, 4.69) is 4.98 Å². The van der Waals surface area contributed by atoms with Gasteiger partial charge in [0.15, 0.2) is 0 Å². The van der Waals surface area contributed by atoms with Gasteiger partial charge in [-0.25, -0.2) is 4.98 Å². The molecule has 0 saturated carbocycles. The Morgan fingerprint density at radius 3 is 2.89 bits per heavy atom. The number of rotatable bonds is 6. The average Bonchev–Trinajstić information content (AvgIpc) is 2.92. The third-order valence-corrected chi connectivity index (χ3v) is 5.53. The van der Waals surface area contributed by atoms with Gasteiger partial charge in [0.25, 0.3) is 0 Å². The third-order valence-electron chi connectivity index (χ3n) is 2.70. The van der Waals surface area contributed by atoms with E-state index in [1.165, 1.54) is 0 Å². The van der Waals surface area contributed by atoms with Crippen LogP contribution in [0.5, 0.6) is 5.88 Å². The molecule has 2 aromatic heterocycles. The molecular weight excluding hydrogens is 278 g/mol. The summed E-state index contributed by atoms with van der Waals surface area (Å²) >= 11 is 1.64. The van der Waals surface area contributed by atoms with Crippen LogP contribution in [-0.2, 0) is 16.6 Å². The first-order valence-corrected chi connectivity index (χ1v) is 8.46. The van der Waals surface area contributed by atoms with Gasteiger partial charge in [0.05, 0.1) is 23.3 Å². The maximum absolute atomic E-state index is 12.3. The number of thiophene rings is 1. The first kappa shape index (κ1) is 14.2. The molecule has 3 nitrogen and oxygen atoms in total. The number of pyridine rings is 1. The molecule has 2 heterocycles. The molecule has 2 rings (SSSR count). The number of hydrogen-bond acceptors (Lipinski definition) is 4. The van der Waals surface area contributed by atoms with Gasteiger partial charge >= 0.3 is 0 Å². The molecule has 2 aromatic rings. The maximum Gasteiger partial charge on any atom is 0.213 e. The minimum atomic E-state index is -0.965. The van der Waals surface area contributed by atoms with Gasteiger partial charge in [-0.05, 0) is 31.4 Å². The second-order valence-electron chi connectivity index (χ2n) is 4.08. The van der Waals surface area contributed by atoms with Crippen LogP contribution in [-0.4, -0.2) is 15.8 Å². The summed E-state index contributed by atoms with van der Waals surface area (Å²) in [5.41, 5.74) is 0.813. The van der Waals surface area contributed by atoms with Crippen molar-refractivity contribution < 1.29 is 8.95 Å². The first-order valence-electron chi connectivity index (χ1n) is 6.20. The van der Waals surface area contributed by atoms with Crippen molar-refractivity contribution in [2.24, 2.45) is 0 Å². The van der Waals surface area contributed by atoms with Crippen LogP contribution in [0, 0.1) is 0 Å². The van der Waals surface area contributed by atoms with Crippen molar-refractivity contribution in [3.63, 3.8) is 0 Å². The fraction of sp³-hybridized carbons (Fsp3) is 0.357. The van der Waals surface area contributed by atoms with Gasteiger partial charge in [0.1, 0.15) is 0 Å². The molecule has 102 valence electrons. The van der Waals surface area contributed by atoms with Crippen LogP contribution in [0.1, 0.15) is 29.7 Å². The van der Waals surface area contributed by atoms with E-state index in [-0.39, 0.29) is 5.25 Å². The number of ether oxygens (including phenoxy) is 1. The van der Waals surface area contributed by atoms with E-state index in [9.17, 15) is 4.21 Å². The topological polar surface area (TPSA) is 39.2 Å². The summed E-state index contributed by atoms with van der Waals surface area (Å²) in [6.07, 6.45) is 0. The summed E-state index contributed by atoms with van der Waals surface area (Å²) in [4.78, 5) is 5.51. The lowest BCUT2D eigenvalue weighted by Crippen LogP contribution is -2.06. The van der Waals surface area contributed by atoms with Crippen molar-refractivity contribution in [1.29, 1.82) is 0 Å². The fourth-order valence-electron chi connectivity index (χ4n) is 1.69. The van der Waals surface area contributed by atoms with Crippen LogP contribution in [0.2, 0.25) is 0 Å². The van der Waals surface area contributed by atoms with Crippen LogP contribution < -0.4 is 4.74 Å². The van der Waals surface area contributed by atoms with Crippen LogP contribution in [0.3, 0.4) is 0 Å². The second kappa shape index (κ2) is 6.82. The Kier molecular flexibility index (Phi) is 5.10. The van der Waals surface area contributed by atoms with Crippen LogP contribution in [0.25, 0.3) is 0 Å². The molecule has 0 fully saturated rings. The van der Waals surface area contributed by atoms with E-state index in [0.717, 1.165) is 10.6 Å². The first-order chi connectivity index (χ1) is 9.20. The van der Waals surface area contributed by atoms with E-state index < -0.39 is 10.8 Å². The highest BCUT2D eigenvalue weighted by Crippen LogP contribution is 2.25. The van der Waals surface area contributed by atoms with Gasteiger partial charge in [0, 0.05) is 21.7 Å². The second-order valence-corrected chi connectivity index (χ2v) is 6.82. The molecule has 0 N–H and O–H groups in total. The molecule has 2 atom stereocenters. The van der Waals surface area contributed by atoms with Crippen molar-refractivity contribution in [2.75, 3.05) is 6.61 Å². The number of hydrogen-bond donors (Lipinski definition) is 0. The monoisotopic (exact) mass is 295 g/mol. The van der Waals surface area contributed by atoms with Crippen molar-refractivity contribution in [3.8, 4) is 5.88 Å². The van der Waals surface area contributed by atoms with E-state index in [1.807, 2.05) is 49.6 Å². The lowest BCUT2D eigenvalue weighted by atomic mass is 10.4. The Balaban J connectivity index is 2.04. The van der Waals surface area contributed by atoms with E-state index >= 15 is 0 Å². The van der Waals surface area contributed by atoms with Gasteiger partial charge in [0.2, 0.25) is 5.88 Å². The number of aromatic nitrogens is 1. The van der Waals surface area contributed by atoms with E-state index in [1.54, 1.807) is 11.3 Å². The fourth-order valence-corrected chi connectivity index (χ4v) is 3.88. The highest BCUT2D eigenvalue weighted by atomic mass is 32.2. The Hall–Kier alpha value is -1.20. The normalized spacial score (nSPS) is 14.0. The standard InChI is InChI=1S/C14H17NO2S2/c1-3-17-14-8-4-6-12(15-14)10-19(16)11(2)13-7-5-9-18-13/h4-9,11H,3,10H2,1-2H3. The molecule has 0 spiro atoms. The maximum atomic E-state index is 12.3. The van der Waals surface area contributed by atoms with Crippen molar-refractivity contribution in [3.05, 3.63) is 46.3 Å². The largest absolute Gasteiger partial charge is 0.478 e. The van der Waals surface area contributed by atoms with Crippen molar-refractivity contribution in [1.82, 2.24) is 4.98 Å². The molecule has 0 aromatic carbocycles. The predicted molar refractivity (Wildman–Crippen MR) is 80.0 cm³/mol. The molecule has 0 saturated heterocycles. The van der Waals surface area contributed by atoms with Gasteiger partial charge in [-0.3, -0.25) is 4.21 Å². The lowest BCUT2D eigenvalue weighted by Gasteiger charge is -2.10. The summed E-state index contributed by atoms with van der Waals surface area (Å²) < 4.78 is 17.7. The lowest BCUT2D eigenvalue weighted by molar-refractivity contribution is 0.326. The highest BCUT2D eigenvalue weighted by Gasteiger charge is 2.15. The minimum absolute atomic E-state index is 0.0394. The van der Waals surface area contributed by atoms with Crippen LogP contribution >= 0.6 is 11.3 Å². The van der Waals surface area contributed by atoms with Gasteiger partial charge in [-0.1, -0.05) is 12.1 Å². The molecule has 0 bridgehead atoms. The van der Waals surface area contributed by atoms with Gasteiger partial charge < -0.3 is 4.74 Å². The Morgan fingerprint density at radius 2 is 2.21 bits per heavy atom. The number of nitrogens with zero attached hydrogens (tertiary/aromatic N) is 1. The molecule has 2 unspecified atom stereocenters. The van der Waals surface area contributed by atoms with E-state index in [0.29, 0.717) is 18.2 Å². The van der Waals surface area contributed by atoms with E-state index in [4.69, 9.17) is 4.74 Å². The zero-order chi connectivity index (χ0) is 13.7. The van der Waals surface area contributed by atoms with Crippen LogP contribution in [0.15, 0.2) is 35.7 Å². The zero-order valence-corrected chi connectivity index (χ0v) is 12.7. The molecule has 0 radical (unpaired) electrons. The Bertz CT molecular complexity index is 540. The third kappa shape index (κ3) is 3.88. The molecule has 0 aliphatic rings. The summed E-state index contributed by atoms with van der Waals surface area (Å²) in [5.74, 6) is 1.06. The van der Waals surface area contributed by atoms with Crippen molar-refractivity contribution >= 4 is 22.1 Å². The predicted octanol–water partition coefficient (Wildman–Crippen LogP) is 3.55. The summed E-state index contributed by atoms with van der Waals surface area (Å²) in [6.45, 7) is 4.50. The molecular formula is C14H17NO2S2. The average molecular weight is 295 g/mol. The van der Waals surface area contributed by atoms with Gasteiger partial charge in [-0.15, -0.1) is 11.3 Å². The molecule has 5 heteroatoms. The summed E-state index contributed by atoms with van der Waals surface area (Å²) in [7, 11) is -0.965. The molecule has 0 aliphatic carbocycles. The Morgan fingerprint density at radius 1 is 1.37 bits per heavy atom. The SMILES string of the molecule is CCOc1cccc(CS(=O)C(C)c2cccs2)n1. The van der Waals surface area contributed by atoms with Crippen LogP contribution in [0.4, 0.5) is 0 Å². The zero-order valence-electron chi connectivity index (χ0n) is 11.0. The summed E-state index contributed by atoms with van der Waals surface area (Å²) in [6, 6.07) is 9.61. The molecule has 0 aliphatic heterocycles. The molecule has 0 amide bonds. The highest BCUT2D eigenvalue weighted by molar-refractivity contribution is 7.84. The van der Waals surface area contributed by atoms with Crippen molar-refractivity contribution in [2.45, 2.75) is 24.9 Å². The van der Waals surface area contributed by atoms with Gasteiger partial charge in [-0.2, -0.15) is 0 Å². The minimum Gasteiger partial charge on any atom is -0.478 e. The smallest absolute Gasteiger partial charge is 0.213 e.